The van der Waals surface area contributed by atoms with Gasteiger partial charge in [-0.2, -0.15) is 0 Å². The van der Waals surface area contributed by atoms with Crippen LogP contribution in [0.5, 0.6) is 5.75 Å². The number of phenolic OH excluding ortho intramolecular Hbond substituents is 1. The number of primary amides is 1. The first-order valence-corrected chi connectivity index (χ1v) is 14.9. The zero-order valence-electron chi connectivity index (χ0n) is 26.0. The standard InChI is InChI=1S/C34H39N3O8/c1-16-6-8-17(9-7-16)12-20(38)11-10-18-15-23(36(2)3)21-13-19-14-22-27(37(4)5)30(41)26(33(35)44)32(43)34(22,45)31(42)24(19)29(40)25(21)28(18)39/h6-9,15,19,22,27,39-40,43,45H,10-14H2,1-5H3,(H2,35,44)/t19?,22?,27-,34-/m0/s1. The number of nitrogens with zero attached hydrogens (tertiary/aromatic N) is 2. The van der Waals surface area contributed by atoms with Gasteiger partial charge in [0, 0.05) is 44.1 Å². The minimum Gasteiger partial charge on any atom is -0.508 e. The van der Waals surface area contributed by atoms with Crippen LogP contribution in [0.25, 0.3) is 5.76 Å². The molecule has 0 bridgehead atoms. The maximum Gasteiger partial charge on any atom is 0.255 e. The summed E-state index contributed by atoms with van der Waals surface area (Å²) < 4.78 is 0. The Hall–Kier alpha value is -4.48. The van der Waals surface area contributed by atoms with E-state index >= 15 is 0 Å². The van der Waals surface area contributed by atoms with E-state index in [0.717, 1.165) is 11.1 Å². The Morgan fingerprint density at radius 3 is 2.27 bits per heavy atom. The number of nitrogens with two attached hydrogens (primary N) is 1. The molecule has 1 fully saturated rings. The zero-order chi connectivity index (χ0) is 33.1. The van der Waals surface area contributed by atoms with Gasteiger partial charge in [0.05, 0.1) is 11.6 Å². The molecule has 5 rings (SSSR count). The Balaban J connectivity index is 1.57. The summed E-state index contributed by atoms with van der Waals surface area (Å²) in [4.78, 5) is 55.8. The Labute approximate surface area is 261 Å². The number of aliphatic hydroxyl groups is 3. The van der Waals surface area contributed by atoms with Gasteiger partial charge < -0.3 is 31.1 Å². The minimum atomic E-state index is -2.70. The van der Waals surface area contributed by atoms with Crippen LogP contribution >= 0.6 is 0 Å². The van der Waals surface area contributed by atoms with Crippen LogP contribution in [0.4, 0.5) is 5.69 Å². The fourth-order valence-electron chi connectivity index (χ4n) is 7.23. The molecular weight excluding hydrogens is 578 g/mol. The smallest absolute Gasteiger partial charge is 0.255 e. The van der Waals surface area contributed by atoms with Crippen LogP contribution in [0, 0.1) is 18.8 Å². The summed E-state index contributed by atoms with van der Waals surface area (Å²) in [5.41, 5.74) is 5.25. The van der Waals surface area contributed by atoms with Gasteiger partial charge in [-0.1, -0.05) is 29.8 Å². The summed E-state index contributed by atoms with van der Waals surface area (Å²) in [6.45, 7) is 1.97. The van der Waals surface area contributed by atoms with Gasteiger partial charge in [-0.3, -0.25) is 24.1 Å². The summed E-state index contributed by atoms with van der Waals surface area (Å²) in [6, 6.07) is 8.29. The number of fused-ring (bicyclic) bond motifs is 3. The predicted octanol–water partition coefficient (Wildman–Crippen LogP) is 2.08. The van der Waals surface area contributed by atoms with Crippen LogP contribution < -0.4 is 10.6 Å². The lowest BCUT2D eigenvalue weighted by Crippen LogP contribution is -2.65. The number of phenols is 1. The number of hydrogen-bond donors (Lipinski definition) is 5. The molecule has 45 heavy (non-hydrogen) atoms. The number of anilines is 1. The Kier molecular flexibility index (Phi) is 8.13. The molecule has 3 aliphatic rings. The Morgan fingerprint density at radius 2 is 1.69 bits per heavy atom. The summed E-state index contributed by atoms with van der Waals surface area (Å²) in [7, 11) is 6.72. The number of amides is 1. The molecule has 4 atom stereocenters. The van der Waals surface area contributed by atoms with Crippen molar-refractivity contribution in [2.24, 2.45) is 17.6 Å². The van der Waals surface area contributed by atoms with E-state index in [9.17, 15) is 39.6 Å². The number of benzene rings is 2. The SMILES string of the molecule is Cc1ccc(CC(=O)CCc2cc(N(C)C)c3c(c2O)C(O)=C2C(=O)[C@]4(O)C(O)=C(C(N)=O)C(=O)[C@@H](N(C)C)C4CC2C3)cc1. The molecular formula is C34H39N3O8. The highest BCUT2D eigenvalue weighted by molar-refractivity contribution is 6.24. The highest BCUT2D eigenvalue weighted by Gasteiger charge is 2.64. The van der Waals surface area contributed by atoms with Crippen molar-refractivity contribution in [1.29, 1.82) is 0 Å². The van der Waals surface area contributed by atoms with Crippen molar-refractivity contribution in [3.63, 3.8) is 0 Å². The largest absolute Gasteiger partial charge is 0.508 e. The molecule has 2 unspecified atom stereocenters. The minimum absolute atomic E-state index is 0.00859. The molecule has 6 N–H and O–H groups in total. The molecule has 11 nitrogen and oxygen atoms in total. The maximum absolute atomic E-state index is 14.1. The molecule has 2 aromatic carbocycles. The van der Waals surface area contributed by atoms with Gasteiger partial charge in [-0.15, -0.1) is 0 Å². The number of carbonyl (C=O) groups is 4. The molecule has 0 aromatic heterocycles. The molecule has 0 radical (unpaired) electrons. The number of aryl methyl sites for hydroxylation is 2. The van der Waals surface area contributed by atoms with Crippen LogP contribution in [0.2, 0.25) is 0 Å². The number of rotatable bonds is 8. The number of hydrogen-bond acceptors (Lipinski definition) is 10. The molecule has 11 heteroatoms. The monoisotopic (exact) mass is 617 g/mol. The lowest BCUT2D eigenvalue weighted by molar-refractivity contribution is -0.153. The highest BCUT2D eigenvalue weighted by atomic mass is 16.3. The zero-order valence-corrected chi connectivity index (χ0v) is 26.0. The Morgan fingerprint density at radius 1 is 1.04 bits per heavy atom. The van der Waals surface area contributed by atoms with Crippen LogP contribution in [0.3, 0.4) is 0 Å². The number of likely N-dealkylation sites (N-methyl/N-ethyl adjacent to an activating group) is 1. The summed E-state index contributed by atoms with van der Waals surface area (Å²) >= 11 is 0. The van der Waals surface area contributed by atoms with E-state index in [1.807, 2.05) is 36.1 Å². The van der Waals surface area contributed by atoms with E-state index in [2.05, 4.69) is 0 Å². The van der Waals surface area contributed by atoms with E-state index < -0.39 is 58.0 Å². The summed E-state index contributed by atoms with van der Waals surface area (Å²) in [6.07, 6.45) is 0.728. The van der Waals surface area contributed by atoms with E-state index in [1.165, 1.54) is 4.90 Å². The van der Waals surface area contributed by atoms with Crippen LogP contribution in [-0.2, 0) is 38.4 Å². The van der Waals surface area contributed by atoms with E-state index in [4.69, 9.17) is 5.73 Å². The van der Waals surface area contributed by atoms with Crippen molar-refractivity contribution in [2.45, 2.75) is 50.7 Å². The fourth-order valence-corrected chi connectivity index (χ4v) is 7.23. The van der Waals surface area contributed by atoms with Crippen LogP contribution in [0.15, 0.2) is 47.2 Å². The third-order valence-electron chi connectivity index (χ3n) is 9.45. The second kappa shape index (κ2) is 11.5. The summed E-state index contributed by atoms with van der Waals surface area (Å²) in [5, 5.41) is 46.0. The molecule has 0 heterocycles. The normalized spacial score (nSPS) is 24.4. The number of carbonyl (C=O) groups excluding carboxylic acids is 4. The van der Waals surface area contributed by atoms with Gasteiger partial charge in [-0.25, -0.2) is 0 Å². The van der Waals surface area contributed by atoms with Crippen molar-refractivity contribution in [1.82, 2.24) is 4.90 Å². The van der Waals surface area contributed by atoms with Gasteiger partial charge >= 0.3 is 0 Å². The van der Waals surface area contributed by atoms with Crippen molar-refractivity contribution in [3.8, 4) is 5.75 Å². The first kappa shape index (κ1) is 31.9. The van der Waals surface area contributed by atoms with Crippen molar-refractivity contribution < 1.29 is 39.6 Å². The number of aliphatic hydroxyl groups excluding tert-OH is 2. The van der Waals surface area contributed by atoms with Gasteiger partial charge in [0.25, 0.3) is 5.91 Å². The molecule has 1 amide bonds. The number of ketones is 3. The maximum atomic E-state index is 14.1. The first-order valence-electron chi connectivity index (χ1n) is 14.9. The van der Waals surface area contributed by atoms with Gasteiger partial charge in [0.1, 0.15) is 28.6 Å². The van der Waals surface area contributed by atoms with E-state index in [1.54, 1.807) is 34.3 Å². The summed E-state index contributed by atoms with van der Waals surface area (Å²) in [5.74, 6) is -6.96. The second-order valence-electron chi connectivity index (χ2n) is 12.8. The quantitative estimate of drug-likeness (QED) is 0.275. The highest BCUT2D eigenvalue weighted by Crippen LogP contribution is 2.54. The van der Waals surface area contributed by atoms with E-state index in [-0.39, 0.29) is 54.8 Å². The van der Waals surface area contributed by atoms with Crippen molar-refractivity contribution in [2.75, 3.05) is 33.1 Å². The fraction of sp³-hybridized carbons (Fsp3) is 0.412. The topological polar surface area (TPSA) is 182 Å². The molecule has 0 aliphatic heterocycles. The molecule has 0 saturated heterocycles. The number of Topliss-reactive ketones (excluding diaryl/α,β-unsaturated/α-hetero) is 3. The molecule has 2 aromatic rings. The van der Waals surface area contributed by atoms with Crippen LogP contribution in [0.1, 0.15) is 40.7 Å². The average Bonchev–Trinajstić information content (AvgIpc) is 2.95. The molecule has 3 aliphatic carbocycles. The molecule has 238 valence electrons. The predicted molar refractivity (Wildman–Crippen MR) is 167 cm³/mol. The van der Waals surface area contributed by atoms with E-state index in [0.29, 0.717) is 16.8 Å². The third-order valence-corrected chi connectivity index (χ3v) is 9.45. The van der Waals surface area contributed by atoms with Gasteiger partial charge in [-0.05, 0) is 69.0 Å². The van der Waals surface area contributed by atoms with Gasteiger partial charge in [0.2, 0.25) is 5.78 Å². The van der Waals surface area contributed by atoms with Crippen molar-refractivity contribution in [3.05, 3.63) is 75.1 Å². The molecule has 1 saturated carbocycles. The van der Waals surface area contributed by atoms with Gasteiger partial charge in [0.15, 0.2) is 11.4 Å². The third kappa shape index (κ3) is 5.09. The lowest BCUT2D eigenvalue weighted by Gasteiger charge is -2.50. The van der Waals surface area contributed by atoms with Crippen LogP contribution in [-0.4, -0.2) is 88.4 Å². The lowest BCUT2D eigenvalue weighted by atomic mass is 9.57. The van der Waals surface area contributed by atoms with Crippen molar-refractivity contribution >= 4 is 34.7 Å². The molecule has 0 spiro atoms. The number of aromatic hydroxyl groups is 1. The second-order valence-corrected chi connectivity index (χ2v) is 12.8. The average molecular weight is 618 g/mol. The first-order chi connectivity index (χ1) is 21.1. The Bertz CT molecular complexity index is 1690.